The van der Waals surface area contributed by atoms with Gasteiger partial charge >= 0.3 is 0 Å². The Hall–Kier alpha value is -2.73. The Bertz CT molecular complexity index is 779. The van der Waals surface area contributed by atoms with Gasteiger partial charge in [0, 0.05) is 32.9 Å². The van der Waals surface area contributed by atoms with E-state index in [9.17, 15) is 9.59 Å². The molecular formula is C21H25N3O2S. The minimum absolute atomic E-state index is 0.132. The summed E-state index contributed by atoms with van der Waals surface area (Å²) in [6.45, 7) is 4.55. The molecule has 1 saturated heterocycles. The number of amides is 2. The standard InChI is InChI=1S/C21H25N3O2S/c1-5-23-19(25)18(20(26)24(6-2)21(23)27)11-9-7-8-10-16-12-14-17(15-13-16)22(3)4/h7-15H,5-6H2,1-4H3/b9-7+,10-8+. The van der Waals surface area contributed by atoms with Crippen molar-refractivity contribution in [2.75, 3.05) is 32.1 Å². The monoisotopic (exact) mass is 383 g/mol. The Labute approximate surface area is 166 Å². The van der Waals surface area contributed by atoms with E-state index in [1.54, 1.807) is 18.2 Å². The third-order valence-corrected chi connectivity index (χ3v) is 4.67. The molecule has 0 aliphatic carbocycles. The van der Waals surface area contributed by atoms with E-state index < -0.39 is 0 Å². The maximum absolute atomic E-state index is 12.5. The number of anilines is 1. The van der Waals surface area contributed by atoms with Gasteiger partial charge in [0.05, 0.1) is 0 Å². The Morgan fingerprint density at radius 2 is 1.48 bits per heavy atom. The molecule has 1 aliphatic rings. The summed E-state index contributed by atoms with van der Waals surface area (Å²) in [5.41, 5.74) is 2.34. The molecular weight excluding hydrogens is 358 g/mol. The predicted molar refractivity (Wildman–Crippen MR) is 114 cm³/mol. The van der Waals surface area contributed by atoms with E-state index in [-0.39, 0.29) is 22.5 Å². The number of hydrogen-bond acceptors (Lipinski definition) is 4. The molecule has 5 nitrogen and oxygen atoms in total. The molecule has 1 heterocycles. The summed E-state index contributed by atoms with van der Waals surface area (Å²) in [6.07, 6.45) is 8.89. The minimum atomic E-state index is -0.342. The van der Waals surface area contributed by atoms with Crippen LogP contribution in [0.15, 0.2) is 54.1 Å². The van der Waals surface area contributed by atoms with Gasteiger partial charge in [-0.05, 0) is 49.8 Å². The van der Waals surface area contributed by atoms with E-state index in [0.717, 1.165) is 11.3 Å². The van der Waals surface area contributed by atoms with Crippen LogP contribution in [0.25, 0.3) is 6.08 Å². The molecule has 6 heteroatoms. The maximum atomic E-state index is 12.5. The molecule has 0 radical (unpaired) electrons. The second kappa shape index (κ2) is 9.28. The van der Waals surface area contributed by atoms with Crippen LogP contribution in [0.4, 0.5) is 5.69 Å². The van der Waals surface area contributed by atoms with Crippen molar-refractivity contribution < 1.29 is 9.59 Å². The lowest BCUT2D eigenvalue weighted by Gasteiger charge is -2.35. The van der Waals surface area contributed by atoms with Gasteiger partial charge in [-0.3, -0.25) is 19.4 Å². The summed E-state index contributed by atoms with van der Waals surface area (Å²) in [7, 11) is 4.00. The molecule has 0 bridgehead atoms. The number of allylic oxidation sites excluding steroid dienone is 4. The highest BCUT2D eigenvalue weighted by Gasteiger charge is 2.37. The third-order valence-electron chi connectivity index (χ3n) is 4.23. The topological polar surface area (TPSA) is 43.9 Å². The quantitative estimate of drug-likeness (QED) is 0.327. The van der Waals surface area contributed by atoms with Gasteiger partial charge in [0.15, 0.2) is 5.11 Å². The summed E-state index contributed by atoms with van der Waals surface area (Å²) >= 11 is 5.24. The molecule has 0 aromatic heterocycles. The number of carbonyl (C=O) groups excluding carboxylic acids is 2. The van der Waals surface area contributed by atoms with Gasteiger partial charge in [0.1, 0.15) is 5.57 Å². The normalized spacial score (nSPS) is 15.4. The fourth-order valence-corrected chi connectivity index (χ4v) is 3.09. The zero-order valence-electron chi connectivity index (χ0n) is 16.2. The number of likely N-dealkylation sites (N-methyl/N-ethyl adjacent to an activating group) is 2. The van der Waals surface area contributed by atoms with Gasteiger partial charge in [0.25, 0.3) is 11.8 Å². The highest BCUT2D eigenvalue weighted by molar-refractivity contribution is 7.80. The van der Waals surface area contributed by atoms with Gasteiger partial charge in [-0.1, -0.05) is 36.4 Å². The molecule has 27 heavy (non-hydrogen) atoms. The van der Waals surface area contributed by atoms with E-state index in [0.29, 0.717) is 13.1 Å². The van der Waals surface area contributed by atoms with Gasteiger partial charge < -0.3 is 4.90 Å². The SMILES string of the molecule is CCN1C(=O)C(=C/C=C/C=C/c2ccc(N(C)C)cc2)C(=O)N(CC)C1=S. The van der Waals surface area contributed by atoms with Crippen molar-refractivity contribution in [3.05, 3.63) is 59.7 Å². The number of hydrogen-bond donors (Lipinski definition) is 0. The van der Waals surface area contributed by atoms with Crippen LogP contribution in [0.2, 0.25) is 0 Å². The van der Waals surface area contributed by atoms with Crippen molar-refractivity contribution >= 4 is 40.9 Å². The Morgan fingerprint density at radius 1 is 0.926 bits per heavy atom. The van der Waals surface area contributed by atoms with E-state index in [4.69, 9.17) is 12.2 Å². The summed E-state index contributed by atoms with van der Waals surface area (Å²) in [4.78, 5) is 29.9. The van der Waals surface area contributed by atoms with E-state index >= 15 is 0 Å². The summed E-state index contributed by atoms with van der Waals surface area (Å²) in [5, 5.41) is 0.275. The molecule has 0 atom stereocenters. The van der Waals surface area contributed by atoms with E-state index in [1.165, 1.54) is 9.80 Å². The molecule has 0 unspecified atom stereocenters. The van der Waals surface area contributed by atoms with Crippen LogP contribution in [0.5, 0.6) is 0 Å². The Morgan fingerprint density at radius 3 is 1.96 bits per heavy atom. The zero-order valence-corrected chi connectivity index (χ0v) is 17.0. The number of carbonyl (C=O) groups is 2. The van der Waals surface area contributed by atoms with Crippen molar-refractivity contribution in [3.63, 3.8) is 0 Å². The summed E-state index contributed by atoms with van der Waals surface area (Å²) < 4.78 is 0. The first-order chi connectivity index (χ1) is 12.9. The number of nitrogens with zero attached hydrogens (tertiary/aromatic N) is 3. The average Bonchev–Trinajstić information content (AvgIpc) is 2.65. The second-order valence-electron chi connectivity index (χ2n) is 6.19. The molecule has 142 valence electrons. The minimum Gasteiger partial charge on any atom is -0.378 e. The van der Waals surface area contributed by atoms with Crippen LogP contribution in [-0.2, 0) is 9.59 Å². The molecule has 0 N–H and O–H groups in total. The Balaban J connectivity index is 2.11. The Kier molecular flexibility index (Phi) is 7.07. The number of rotatable bonds is 6. The number of thiocarbonyl (C=S) groups is 1. The predicted octanol–water partition coefficient (Wildman–Crippen LogP) is 3.24. The first-order valence-electron chi connectivity index (χ1n) is 8.90. The van der Waals surface area contributed by atoms with Crippen molar-refractivity contribution in [2.24, 2.45) is 0 Å². The van der Waals surface area contributed by atoms with Crippen molar-refractivity contribution in [1.29, 1.82) is 0 Å². The summed E-state index contributed by atoms with van der Waals surface area (Å²) in [6, 6.07) is 8.16. The lowest BCUT2D eigenvalue weighted by atomic mass is 10.1. The maximum Gasteiger partial charge on any atom is 0.265 e. The van der Waals surface area contributed by atoms with Gasteiger partial charge in [-0.15, -0.1) is 0 Å². The van der Waals surface area contributed by atoms with Crippen molar-refractivity contribution in [3.8, 4) is 0 Å². The molecule has 0 spiro atoms. The van der Waals surface area contributed by atoms with Crippen LogP contribution in [0, 0.1) is 0 Å². The first kappa shape index (κ1) is 20.6. The molecule has 1 aromatic rings. The van der Waals surface area contributed by atoms with Crippen LogP contribution in [0.3, 0.4) is 0 Å². The lowest BCUT2D eigenvalue weighted by Crippen LogP contribution is -2.55. The van der Waals surface area contributed by atoms with E-state index in [1.807, 2.05) is 69.3 Å². The van der Waals surface area contributed by atoms with Crippen LogP contribution < -0.4 is 4.90 Å². The molecule has 0 saturated carbocycles. The lowest BCUT2D eigenvalue weighted by molar-refractivity contribution is -0.133. The average molecular weight is 384 g/mol. The van der Waals surface area contributed by atoms with Gasteiger partial charge in [-0.25, -0.2) is 0 Å². The van der Waals surface area contributed by atoms with Crippen LogP contribution >= 0.6 is 12.2 Å². The fraction of sp³-hybridized carbons (Fsp3) is 0.286. The molecule has 1 fully saturated rings. The molecule has 1 aliphatic heterocycles. The molecule has 2 rings (SSSR count). The van der Waals surface area contributed by atoms with Crippen LogP contribution in [-0.4, -0.2) is 53.9 Å². The van der Waals surface area contributed by atoms with Gasteiger partial charge in [-0.2, -0.15) is 0 Å². The van der Waals surface area contributed by atoms with Gasteiger partial charge in [0.2, 0.25) is 0 Å². The third kappa shape index (κ3) is 4.71. The van der Waals surface area contributed by atoms with Crippen molar-refractivity contribution in [1.82, 2.24) is 9.80 Å². The van der Waals surface area contributed by atoms with Crippen LogP contribution in [0.1, 0.15) is 19.4 Å². The van der Waals surface area contributed by atoms with E-state index in [2.05, 4.69) is 0 Å². The summed E-state index contributed by atoms with van der Waals surface area (Å²) in [5.74, 6) is -0.685. The molecule has 2 amide bonds. The fourth-order valence-electron chi connectivity index (χ4n) is 2.67. The molecule has 1 aromatic carbocycles. The second-order valence-corrected chi connectivity index (χ2v) is 6.56. The number of benzene rings is 1. The highest BCUT2D eigenvalue weighted by Crippen LogP contribution is 2.17. The smallest absolute Gasteiger partial charge is 0.265 e. The first-order valence-corrected chi connectivity index (χ1v) is 9.31. The zero-order chi connectivity index (χ0) is 20.0. The highest BCUT2D eigenvalue weighted by atomic mass is 32.1. The van der Waals surface area contributed by atoms with Crippen molar-refractivity contribution in [2.45, 2.75) is 13.8 Å². The largest absolute Gasteiger partial charge is 0.378 e.